The number of carbonyl (C=O) groups excluding carboxylic acids is 1. The van der Waals surface area contributed by atoms with Crippen molar-refractivity contribution in [1.29, 1.82) is 0 Å². The van der Waals surface area contributed by atoms with Gasteiger partial charge in [0.15, 0.2) is 0 Å². The summed E-state index contributed by atoms with van der Waals surface area (Å²) in [6.07, 6.45) is 3.34. The zero-order valence-electron chi connectivity index (χ0n) is 15.5. The topological polar surface area (TPSA) is 92.5 Å². The van der Waals surface area contributed by atoms with Gasteiger partial charge in [-0.3, -0.25) is 4.79 Å². The van der Waals surface area contributed by atoms with Crippen LogP contribution in [-0.2, 0) is 14.8 Å². The zero-order valence-corrected chi connectivity index (χ0v) is 17.1. The molecule has 148 valence electrons. The fraction of sp³-hybridized carbons (Fsp3) is 0.611. The van der Waals surface area contributed by atoms with Crippen molar-refractivity contribution in [1.82, 2.24) is 9.62 Å². The SMILES string of the molecule is CCCC(N)C(=O)N1CCCC(CNS(=O)(=O)c2ccc(C)cc2)C1.Cl. The van der Waals surface area contributed by atoms with E-state index in [1.807, 2.05) is 13.8 Å². The zero-order chi connectivity index (χ0) is 18.4. The maximum absolute atomic E-state index is 12.4. The summed E-state index contributed by atoms with van der Waals surface area (Å²) in [7, 11) is -3.52. The van der Waals surface area contributed by atoms with Gasteiger partial charge in [-0.2, -0.15) is 0 Å². The predicted octanol–water partition coefficient (Wildman–Crippen LogP) is 2.06. The molecule has 2 atom stereocenters. The average molecular weight is 404 g/mol. The molecule has 1 fully saturated rings. The third-order valence-electron chi connectivity index (χ3n) is 4.64. The molecule has 0 spiro atoms. The van der Waals surface area contributed by atoms with Crippen LogP contribution < -0.4 is 10.5 Å². The van der Waals surface area contributed by atoms with Crippen LogP contribution in [0.4, 0.5) is 0 Å². The Kier molecular flexibility index (Phi) is 9.03. The third kappa shape index (κ3) is 6.23. The standard InChI is InChI=1S/C18H29N3O3S.ClH/c1-3-5-17(19)18(22)21-11-4-6-15(13-21)12-20-25(23,24)16-9-7-14(2)8-10-16;/h7-10,15,17,20H,3-6,11-13,19H2,1-2H3;1H. The number of piperidine rings is 1. The number of benzene rings is 1. The van der Waals surface area contributed by atoms with Crippen molar-refractivity contribution in [2.45, 2.75) is 50.5 Å². The molecule has 8 heteroatoms. The molecule has 0 bridgehead atoms. The van der Waals surface area contributed by atoms with Crippen LogP contribution in [0.3, 0.4) is 0 Å². The summed E-state index contributed by atoms with van der Waals surface area (Å²) in [5.41, 5.74) is 6.95. The second kappa shape index (κ2) is 10.3. The Morgan fingerprint density at radius 3 is 2.62 bits per heavy atom. The van der Waals surface area contributed by atoms with Crippen LogP contribution in [0.25, 0.3) is 0 Å². The lowest BCUT2D eigenvalue weighted by Crippen LogP contribution is -2.49. The number of sulfonamides is 1. The highest BCUT2D eigenvalue weighted by Crippen LogP contribution is 2.18. The Balaban J connectivity index is 0.00000338. The van der Waals surface area contributed by atoms with Crippen molar-refractivity contribution < 1.29 is 13.2 Å². The van der Waals surface area contributed by atoms with Gasteiger partial charge in [0.2, 0.25) is 15.9 Å². The van der Waals surface area contributed by atoms with Crippen LogP contribution in [-0.4, -0.2) is 44.9 Å². The minimum atomic E-state index is -3.52. The molecule has 1 saturated heterocycles. The van der Waals surface area contributed by atoms with Crippen LogP contribution in [0.1, 0.15) is 38.2 Å². The van der Waals surface area contributed by atoms with E-state index in [-0.39, 0.29) is 29.1 Å². The molecule has 1 aliphatic heterocycles. The predicted molar refractivity (Wildman–Crippen MR) is 106 cm³/mol. The second-order valence-electron chi connectivity index (χ2n) is 6.85. The van der Waals surface area contributed by atoms with E-state index in [2.05, 4.69) is 4.72 Å². The van der Waals surface area contributed by atoms with Crippen molar-refractivity contribution in [2.75, 3.05) is 19.6 Å². The molecule has 1 amide bonds. The van der Waals surface area contributed by atoms with E-state index < -0.39 is 16.1 Å². The molecule has 1 heterocycles. The van der Waals surface area contributed by atoms with E-state index in [9.17, 15) is 13.2 Å². The number of halogens is 1. The fourth-order valence-corrected chi connectivity index (χ4v) is 4.25. The second-order valence-corrected chi connectivity index (χ2v) is 8.62. The van der Waals surface area contributed by atoms with Gasteiger partial charge in [0, 0.05) is 19.6 Å². The number of likely N-dealkylation sites (tertiary alicyclic amines) is 1. The molecule has 0 radical (unpaired) electrons. The van der Waals surface area contributed by atoms with Crippen LogP contribution in [0.5, 0.6) is 0 Å². The van der Waals surface area contributed by atoms with Gasteiger partial charge in [-0.15, -0.1) is 12.4 Å². The number of hydrogen-bond acceptors (Lipinski definition) is 4. The van der Waals surface area contributed by atoms with Gasteiger partial charge < -0.3 is 10.6 Å². The summed E-state index contributed by atoms with van der Waals surface area (Å²) in [6.45, 7) is 5.53. The molecule has 2 unspecified atom stereocenters. The molecule has 0 saturated carbocycles. The third-order valence-corrected chi connectivity index (χ3v) is 6.08. The van der Waals surface area contributed by atoms with Gasteiger partial charge in [0.1, 0.15) is 0 Å². The number of hydrogen-bond donors (Lipinski definition) is 2. The fourth-order valence-electron chi connectivity index (χ4n) is 3.13. The maximum atomic E-state index is 12.4. The summed E-state index contributed by atoms with van der Waals surface area (Å²) in [4.78, 5) is 14.4. The van der Waals surface area contributed by atoms with Crippen LogP contribution in [0, 0.1) is 12.8 Å². The van der Waals surface area contributed by atoms with Gasteiger partial charge >= 0.3 is 0 Å². The summed E-state index contributed by atoms with van der Waals surface area (Å²) >= 11 is 0. The van der Waals surface area contributed by atoms with Crippen molar-refractivity contribution >= 4 is 28.3 Å². The van der Waals surface area contributed by atoms with Gasteiger partial charge in [0.05, 0.1) is 10.9 Å². The Morgan fingerprint density at radius 2 is 2.00 bits per heavy atom. The molecule has 0 aromatic heterocycles. The first-order chi connectivity index (χ1) is 11.8. The normalized spacial score (nSPS) is 18.9. The smallest absolute Gasteiger partial charge is 0.240 e. The molecule has 2 rings (SSSR count). The highest BCUT2D eigenvalue weighted by molar-refractivity contribution is 7.89. The number of rotatable bonds is 7. The Morgan fingerprint density at radius 1 is 1.35 bits per heavy atom. The lowest BCUT2D eigenvalue weighted by Gasteiger charge is -2.34. The first kappa shape index (κ1) is 22.9. The van der Waals surface area contributed by atoms with Crippen molar-refractivity contribution in [3.8, 4) is 0 Å². The molecule has 6 nitrogen and oxygen atoms in total. The van der Waals surface area contributed by atoms with Gasteiger partial charge in [-0.1, -0.05) is 31.0 Å². The van der Waals surface area contributed by atoms with E-state index in [1.165, 1.54) is 0 Å². The Hall–Kier alpha value is -1.15. The summed E-state index contributed by atoms with van der Waals surface area (Å²) in [5, 5.41) is 0. The number of carbonyl (C=O) groups is 1. The quantitative estimate of drug-likeness (QED) is 0.728. The number of nitrogens with one attached hydrogen (secondary N) is 1. The van der Waals surface area contributed by atoms with E-state index in [4.69, 9.17) is 5.73 Å². The van der Waals surface area contributed by atoms with Gasteiger partial charge in [-0.05, 0) is 44.2 Å². The van der Waals surface area contributed by atoms with E-state index in [1.54, 1.807) is 29.2 Å². The van der Waals surface area contributed by atoms with Crippen molar-refractivity contribution in [2.24, 2.45) is 11.7 Å². The summed E-state index contributed by atoms with van der Waals surface area (Å²) in [5.74, 6) is 0.0969. The van der Waals surface area contributed by atoms with Gasteiger partial charge in [-0.25, -0.2) is 13.1 Å². The molecule has 1 aromatic rings. The largest absolute Gasteiger partial charge is 0.341 e. The lowest BCUT2D eigenvalue weighted by molar-refractivity contribution is -0.134. The number of aryl methyl sites for hydroxylation is 1. The lowest BCUT2D eigenvalue weighted by atomic mass is 9.97. The molecular formula is C18H30ClN3O3S. The maximum Gasteiger partial charge on any atom is 0.240 e. The van der Waals surface area contributed by atoms with Crippen LogP contribution in [0.2, 0.25) is 0 Å². The summed E-state index contributed by atoms with van der Waals surface area (Å²) < 4.78 is 27.4. The van der Waals surface area contributed by atoms with E-state index in [0.717, 1.165) is 24.8 Å². The highest BCUT2D eigenvalue weighted by Gasteiger charge is 2.27. The Labute approximate surface area is 163 Å². The number of nitrogens with zero attached hydrogens (tertiary/aromatic N) is 1. The summed E-state index contributed by atoms with van der Waals surface area (Å²) in [6, 6.07) is 6.33. The monoisotopic (exact) mass is 403 g/mol. The first-order valence-corrected chi connectivity index (χ1v) is 10.4. The Bertz CT molecular complexity index is 679. The van der Waals surface area contributed by atoms with E-state index in [0.29, 0.717) is 26.1 Å². The molecule has 1 aliphatic rings. The van der Waals surface area contributed by atoms with Gasteiger partial charge in [0.25, 0.3) is 0 Å². The average Bonchev–Trinajstić information content (AvgIpc) is 2.60. The highest BCUT2D eigenvalue weighted by atomic mass is 35.5. The van der Waals surface area contributed by atoms with Crippen molar-refractivity contribution in [3.05, 3.63) is 29.8 Å². The van der Waals surface area contributed by atoms with Crippen molar-refractivity contribution in [3.63, 3.8) is 0 Å². The minimum absolute atomic E-state index is 0. The molecular weight excluding hydrogens is 374 g/mol. The molecule has 0 aliphatic carbocycles. The number of nitrogens with two attached hydrogens (primary N) is 1. The van der Waals surface area contributed by atoms with Crippen LogP contribution >= 0.6 is 12.4 Å². The minimum Gasteiger partial charge on any atom is -0.341 e. The molecule has 1 aromatic carbocycles. The molecule has 3 N–H and O–H groups in total. The van der Waals surface area contributed by atoms with Crippen LogP contribution in [0.15, 0.2) is 29.2 Å². The molecule has 26 heavy (non-hydrogen) atoms. The number of amides is 1. The van der Waals surface area contributed by atoms with E-state index >= 15 is 0 Å². The first-order valence-electron chi connectivity index (χ1n) is 8.94.